The minimum absolute atomic E-state index is 0. The zero-order valence-corrected chi connectivity index (χ0v) is 15.0. The van der Waals surface area contributed by atoms with Gasteiger partial charge in [0.1, 0.15) is 0 Å². The van der Waals surface area contributed by atoms with Crippen molar-refractivity contribution in [2.45, 2.75) is 62.9 Å². The molecule has 0 aromatic heterocycles. The summed E-state index contributed by atoms with van der Waals surface area (Å²) in [4.78, 5) is 12.6. The van der Waals surface area contributed by atoms with E-state index in [-0.39, 0.29) is 29.9 Å². The maximum absolute atomic E-state index is 12.6. The zero-order valence-electron chi connectivity index (χ0n) is 13.4. The van der Waals surface area contributed by atoms with Crippen LogP contribution >= 0.6 is 24.0 Å². The Kier molecular flexibility index (Phi) is 6.35. The fraction of sp³-hybridized carbons (Fsp3) is 0.611. The molecule has 0 radical (unpaired) electrons. The van der Waals surface area contributed by atoms with Gasteiger partial charge >= 0.3 is 0 Å². The van der Waals surface area contributed by atoms with Crippen molar-refractivity contribution in [2.24, 2.45) is 11.7 Å². The molecule has 0 unspecified atom stereocenters. The molecule has 1 aromatic rings. The van der Waals surface area contributed by atoms with Crippen LogP contribution < -0.4 is 11.1 Å². The number of nitrogens with one attached hydrogen (secondary N) is 1. The number of carbonyl (C=O) groups is 1. The molecule has 0 heterocycles. The second kappa shape index (κ2) is 7.87. The van der Waals surface area contributed by atoms with Crippen molar-refractivity contribution in [3.05, 3.63) is 34.9 Å². The highest BCUT2D eigenvalue weighted by molar-refractivity contribution is 6.30. The first kappa shape index (κ1) is 18.6. The van der Waals surface area contributed by atoms with Crippen molar-refractivity contribution in [2.75, 3.05) is 0 Å². The molecule has 23 heavy (non-hydrogen) atoms. The number of hydrogen-bond donors (Lipinski definition) is 2. The number of amides is 1. The van der Waals surface area contributed by atoms with Gasteiger partial charge < -0.3 is 11.1 Å². The van der Waals surface area contributed by atoms with Crippen LogP contribution in [0.15, 0.2) is 24.3 Å². The third kappa shape index (κ3) is 4.20. The van der Waals surface area contributed by atoms with E-state index in [1.807, 2.05) is 12.1 Å². The second-order valence-electron chi connectivity index (χ2n) is 6.90. The molecule has 0 spiro atoms. The molecule has 0 aliphatic heterocycles. The third-order valence-corrected chi connectivity index (χ3v) is 5.65. The highest BCUT2D eigenvalue weighted by Gasteiger charge is 2.37. The van der Waals surface area contributed by atoms with Crippen molar-refractivity contribution in [3.8, 4) is 0 Å². The van der Waals surface area contributed by atoms with Crippen molar-refractivity contribution in [3.63, 3.8) is 0 Å². The summed E-state index contributed by atoms with van der Waals surface area (Å²) in [5.74, 6) is 0.503. The summed E-state index contributed by atoms with van der Waals surface area (Å²) in [5, 5.41) is 4.07. The fourth-order valence-electron chi connectivity index (χ4n) is 4.11. The molecule has 1 aromatic carbocycles. The van der Waals surface area contributed by atoms with Crippen LogP contribution in [0.3, 0.4) is 0 Å². The Morgan fingerprint density at radius 2 is 1.83 bits per heavy atom. The summed E-state index contributed by atoms with van der Waals surface area (Å²) in [5.41, 5.74) is 7.08. The first-order valence-electron chi connectivity index (χ1n) is 8.42. The van der Waals surface area contributed by atoms with Gasteiger partial charge in [0.25, 0.3) is 0 Å². The van der Waals surface area contributed by atoms with Gasteiger partial charge in [-0.05, 0) is 49.3 Å². The van der Waals surface area contributed by atoms with Gasteiger partial charge in [0.15, 0.2) is 0 Å². The van der Waals surface area contributed by atoms with E-state index in [2.05, 4.69) is 17.4 Å². The SMILES string of the molecule is Cl.N[C@@H]1CCC[C@H]1CC(=O)NC1(c2ccc(Cl)cc2)CCCC1. The lowest BCUT2D eigenvalue weighted by Gasteiger charge is -2.32. The summed E-state index contributed by atoms with van der Waals surface area (Å²) >= 11 is 6.00. The van der Waals surface area contributed by atoms with Gasteiger partial charge in [0, 0.05) is 17.5 Å². The average Bonchev–Trinajstić information content (AvgIpc) is 3.11. The zero-order chi connectivity index (χ0) is 15.6. The fourth-order valence-corrected chi connectivity index (χ4v) is 4.23. The minimum Gasteiger partial charge on any atom is -0.347 e. The number of carbonyl (C=O) groups excluding carboxylic acids is 1. The number of hydrogen-bond acceptors (Lipinski definition) is 2. The monoisotopic (exact) mass is 356 g/mol. The number of benzene rings is 1. The van der Waals surface area contributed by atoms with E-state index in [0.29, 0.717) is 12.3 Å². The molecule has 5 heteroatoms. The molecule has 3 N–H and O–H groups in total. The molecule has 2 fully saturated rings. The van der Waals surface area contributed by atoms with E-state index in [0.717, 1.165) is 50.0 Å². The van der Waals surface area contributed by atoms with Crippen LogP contribution in [0.1, 0.15) is 56.9 Å². The summed E-state index contributed by atoms with van der Waals surface area (Å²) in [6.07, 6.45) is 8.20. The van der Waals surface area contributed by atoms with Crippen molar-refractivity contribution in [1.82, 2.24) is 5.32 Å². The number of rotatable bonds is 4. The summed E-state index contributed by atoms with van der Waals surface area (Å²) in [7, 11) is 0. The molecule has 2 atom stereocenters. The Balaban J connectivity index is 0.00000192. The van der Waals surface area contributed by atoms with E-state index >= 15 is 0 Å². The lowest BCUT2D eigenvalue weighted by atomic mass is 9.87. The molecular formula is C18H26Cl2N2O. The van der Waals surface area contributed by atoms with Gasteiger partial charge in [-0.3, -0.25) is 4.79 Å². The normalized spacial score (nSPS) is 25.8. The Hall–Kier alpha value is -0.770. The van der Waals surface area contributed by atoms with E-state index in [9.17, 15) is 4.79 Å². The summed E-state index contributed by atoms with van der Waals surface area (Å²) < 4.78 is 0. The summed E-state index contributed by atoms with van der Waals surface area (Å²) in [6, 6.07) is 8.12. The topological polar surface area (TPSA) is 55.1 Å². The van der Waals surface area contributed by atoms with Crippen LogP contribution in [0.4, 0.5) is 0 Å². The van der Waals surface area contributed by atoms with Crippen molar-refractivity contribution >= 4 is 29.9 Å². The van der Waals surface area contributed by atoms with Crippen LogP contribution in [0.5, 0.6) is 0 Å². The highest BCUT2D eigenvalue weighted by Crippen LogP contribution is 2.39. The smallest absolute Gasteiger partial charge is 0.221 e. The van der Waals surface area contributed by atoms with Crippen molar-refractivity contribution < 1.29 is 4.79 Å². The lowest BCUT2D eigenvalue weighted by molar-refractivity contribution is -0.124. The highest BCUT2D eigenvalue weighted by atomic mass is 35.5. The molecule has 0 saturated heterocycles. The minimum atomic E-state index is -0.204. The van der Waals surface area contributed by atoms with Gasteiger partial charge in [-0.15, -0.1) is 12.4 Å². The largest absolute Gasteiger partial charge is 0.347 e. The van der Waals surface area contributed by atoms with E-state index in [4.69, 9.17) is 17.3 Å². The van der Waals surface area contributed by atoms with Crippen LogP contribution in [-0.4, -0.2) is 11.9 Å². The van der Waals surface area contributed by atoms with Crippen LogP contribution in [0.2, 0.25) is 5.02 Å². The summed E-state index contributed by atoms with van der Waals surface area (Å²) in [6.45, 7) is 0. The standard InChI is InChI=1S/C18H25ClN2O.ClH/c19-15-8-6-14(7-9-15)18(10-1-2-11-18)21-17(22)12-13-4-3-5-16(13)20;/h6-9,13,16H,1-5,10-12,20H2,(H,21,22);1H/t13-,16+;/m0./s1. The molecule has 3 rings (SSSR count). The Bertz CT molecular complexity index is 526. The molecular weight excluding hydrogens is 331 g/mol. The Morgan fingerprint density at radius 3 is 2.39 bits per heavy atom. The van der Waals surface area contributed by atoms with E-state index in [1.54, 1.807) is 0 Å². The van der Waals surface area contributed by atoms with Gasteiger partial charge in [-0.25, -0.2) is 0 Å². The number of halogens is 2. The van der Waals surface area contributed by atoms with Gasteiger partial charge in [-0.2, -0.15) is 0 Å². The van der Waals surface area contributed by atoms with Gasteiger partial charge in [0.2, 0.25) is 5.91 Å². The lowest BCUT2D eigenvalue weighted by Crippen LogP contribution is -2.45. The van der Waals surface area contributed by atoms with Crippen molar-refractivity contribution in [1.29, 1.82) is 0 Å². The van der Waals surface area contributed by atoms with E-state index in [1.165, 1.54) is 5.56 Å². The molecule has 2 aliphatic carbocycles. The first-order chi connectivity index (χ1) is 10.6. The third-order valence-electron chi connectivity index (χ3n) is 5.40. The second-order valence-corrected chi connectivity index (χ2v) is 7.34. The molecule has 3 nitrogen and oxygen atoms in total. The average molecular weight is 357 g/mol. The predicted molar refractivity (Wildman–Crippen MR) is 96.9 cm³/mol. The van der Waals surface area contributed by atoms with Crippen LogP contribution in [-0.2, 0) is 10.3 Å². The van der Waals surface area contributed by atoms with Gasteiger partial charge in [0.05, 0.1) is 5.54 Å². The van der Waals surface area contributed by atoms with Crippen LogP contribution in [0, 0.1) is 5.92 Å². The molecule has 0 bridgehead atoms. The quantitative estimate of drug-likeness (QED) is 0.850. The molecule has 2 aliphatic rings. The molecule has 2 saturated carbocycles. The molecule has 128 valence electrons. The van der Waals surface area contributed by atoms with Crippen LogP contribution in [0.25, 0.3) is 0 Å². The Labute approximate surface area is 149 Å². The number of nitrogens with two attached hydrogens (primary N) is 1. The van der Waals surface area contributed by atoms with Gasteiger partial charge in [-0.1, -0.05) is 43.0 Å². The Morgan fingerprint density at radius 1 is 1.17 bits per heavy atom. The first-order valence-corrected chi connectivity index (χ1v) is 8.79. The van der Waals surface area contributed by atoms with E-state index < -0.39 is 0 Å². The maximum Gasteiger partial charge on any atom is 0.221 e. The molecule has 1 amide bonds. The maximum atomic E-state index is 12.6. The predicted octanol–water partition coefficient (Wildman–Crippen LogP) is 4.16.